The molecule has 1 aromatic heterocycles. The summed E-state index contributed by atoms with van der Waals surface area (Å²) < 4.78 is 32.3. The highest BCUT2D eigenvalue weighted by atomic mass is 16.7. The molecule has 2 aliphatic heterocycles. The molecule has 2 unspecified atom stereocenters. The van der Waals surface area contributed by atoms with Gasteiger partial charge in [0.1, 0.15) is 6.10 Å². The van der Waals surface area contributed by atoms with E-state index in [1.54, 1.807) is 25.5 Å². The Bertz CT molecular complexity index is 1000. The molecule has 1 amide bonds. The third kappa shape index (κ3) is 5.97. The molecule has 0 spiro atoms. The Labute approximate surface area is 206 Å². The number of hydrogen-bond donors (Lipinski definition) is 0. The van der Waals surface area contributed by atoms with E-state index in [9.17, 15) is 24.0 Å². The van der Waals surface area contributed by atoms with E-state index in [4.69, 9.17) is 28.4 Å². The molecule has 13 nitrogen and oxygen atoms in total. The van der Waals surface area contributed by atoms with Gasteiger partial charge >= 0.3 is 23.9 Å². The van der Waals surface area contributed by atoms with Crippen molar-refractivity contribution in [1.29, 1.82) is 0 Å². The second kappa shape index (κ2) is 11.4. The molecule has 3 rings (SSSR count). The van der Waals surface area contributed by atoms with Crippen molar-refractivity contribution in [3.8, 4) is 0 Å². The van der Waals surface area contributed by atoms with Crippen LogP contribution in [0.15, 0.2) is 24.5 Å². The van der Waals surface area contributed by atoms with Crippen molar-refractivity contribution in [3.63, 3.8) is 0 Å². The first-order valence-electron chi connectivity index (χ1n) is 11.1. The molecule has 0 bridgehead atoms. The molecule has 0 N–H and O–H groups in total. The van der Waals surface area contributed by atoms with Gasteiger partial charge in [0.15, 0.2) is 24.4 Å². The quantitative estimate of drug-likeness (QED) is 0.361. The number of carbonyl (C=O) groups excluding carboxylic acids is 5. The maximum absolute atomic E-state index is 13.0. The number of hydrogen-bond acceptors (Lipinski definition) is 12. The number of carbonyl (C=O) groups is 5. The summed E-state index contributed by atoms with van der Waals surface area (Å²) in [6.07, 6.45) is -5.29. The molecule has 3 heterocycles. The largest absolute Gasteiger partial charge is 0.467 e. The van der Waals surface area contributed by atoms with E-state index in [0.29, 0.717) is 0 Å². The van der Waals surface area contributed by atoms with Gasteiger partial charge in [-0.15, -0.1) is 0 Å². The molecule has 0 aliphatic carbocycles. The Morgan fingerprint density at radius 2 is 1.61 bits per heavy atom. The molecule has 36 heavy (non-hydrogen) atoms. The molecule has 2 aliphatic rings. The highest BCUT2D eigenvalue weighted by Gasteiger charge is 2.56. The molecule has 0 radical (unpaired) electrons. The van der Waals surface area contributed by atoms with Crippen LogP contribution in [0.4, 0.5) is 0 Å². The van der Waals surface area contributed by atoms with Crippen LogP contribution >= 0.6 is 0 Å². The number of pyridine rings is 1. The van der Waals surface area contributed by atoms with E-state index in [1.165, 1.54) is 4.90 Å². The summed E-state index contributed by atoms with van der Waals surface area (Å²) in [6.45, 7) is 3.26. The molecular formula is C23H28N2O11. The van der Waals surface area contributed by atoms with E-state index in [2.05, 4.69) is 4.98 Å². The van der Waals surface area contributed by atoms with Gasteiger partial charge in [-0.05, 0) is 11.6 Å². The zero-order valence-electron chi connectivity index (χ0n) is 20.4. The molecule has 196 valence electrons. The summed E-state index contributed by atoms with van der Waals surface area (Å²) in [4.78, 5) is 66.7. The topological polar surface area (TPSA) is 157 Å². The highest BCUT2D eigenvalue weighted by Crippen LogP contribution is 2.36. The van der Waals surface area contributed by atoms with Crippen LogP contribution in [-0.2, 0) is 52.4 Å². The van der Waals surface area contributed by atoms with Crippen molar-refractivity contribution >= 4 is 29.8 Å². The molecule has 0 saturated carbocycles. The number of methoxy groups -OCH3 is 1. The van der Waals surface area contributed by atoms with Crippen molar-refractivity contribution in [1.82, 2.24) is 9.88 Å². The summed E-state index contributed by atoms with van der Waals surface area (Å²) >= 11 is 0. The van der Waals surface area contributed by atoms with Gasteiger partial charge in [-0.1, -0.05) is 6.07 Å². The smallest absolute Gasteiger partial charge is 0.339 e. The van der Waals surface area contributed by atoms with Gasteiger partial charge in [-0.2, -0.15) is 0 Å². The Kier molecular flexibility index (Phi) is 8.58. The first kappa shape index (κ1) is 27.0. The fourth-order valence-corrected chi connectivity index (χ4v) is 4.24. The van der Waals surface area contributed by atoms with Crippen LogP contribution in [0, 0.1) is 0 Å². The minimum atomic E-state index is -1.61. The molecular weight excluding hydrogens is 480 g/mol. The number of nitrogens with zero attached hydrogens (tertiary/aromatic N) is 2. The highest BCUT2D eigenvalue weighted by molar-refractivity contribution is 5.83. The SMILES string of the molecule is COC(=O)C1O[C@@H](O[C@H]2C[C@@H](c3cccnc3)N(C)C2=O)C(OC(C)=O)[C@H](OC(C)=O)[C@@H]1OC(C)=O. The summed E-state index contributed by atoms with van der Waals surface area (Å²) in [5.74, 6) is -3.78. The molecule has 2 fully saturated rings. The lowest BCUT2D eigenvalue weighted by Gasteiger charge is -2.43. The normalized spacial score (nSPS) is 29.9. The van der Waals surface area contributed by atoms with Crippen LogP contribution in [0.5, 0.6) is 0 Å². The minimum Gasteiger partial charge on any atom is -0.467 e. The summed E-state index contributed by atoms with van der Waals surface area (Å²) in [6, 6.07) is 3.19. The lowest BCUT2D eigenvalue weighted by molar-refractivity contribution is -0.307. The number of ether oxygens (including phenoxy) is 6. The standard InChI is InChI=1S/C23H28N2O11/c1-11(26)32-17-18(33-12(2)27)20(34-13(3)28)23(36-19(17)22(30)31-5)35-16-9-15(25(4)21(16)29)14-7-6-8-24-10-14/h6-8,10,15-20,23H,9H2,1-5H3/t15-,16-,17-,18+,19?,20?,23+/m0/s1. The van der Waals surface area contributed by atoms with Gasteiger partial charge < -0.3 is 33.3 Å². The number of likely N-dealkylation sites (tertiary alicyclic amines) is 1. The Morgan fingerprint density at radius 1 is 1.00 bits per heavy atom. The van der Waals surface area contributed by atoms with Crippen LogP contribution in [-0.4, -0.2) is 90.6 Å². The molecule has 7 atom stereocenters. The predicted octanol–water partition coefficient (Wildman–Crippen LogP) is 0.0630. The van der Waals surface area contributed by atoms with Crippen LogP contribution in [0.3, 0.4) is 0 Å². The predicted molar refractivity (Wildman–Crippen MR) is 117 cm³/mol. The number of amides is 1. The average molecular weight is 508 g/mol. The van der Waals surface area contributed by atoms with E-state index in [1.807, 2.05) is 6.07 Å². The van der Waals surface area contributed by atoms with Gasteiger partial charge in [-0.3, -0.25) is 24.2 Å². The number of aromatic nitrogens is 1. The number of rotatable bonds is 7. The van der Waals surface area contributed by atoms with E-state index < -0.39 is 66.6 Å². The number of likely N-dealkylation sites (N-methyl/N-ethyl adjacent to an activating group) is 1. The second-order valence-corrected chi connectivity index (χ2v) is 8.28. The third-order valence-corrected chi connectivity index (χ3v) is 5.73. The fraction of sp³-hybridized carbons (Fsp3) is 0.565. The summed E-state index contributed by atoms with van der Waals surface area (Å²) in [5, 5.41) is 0. The van der Waals surface area contributed by atoms with Crippen molar-refractivity contribution in [3.05, 3.63) is 30.1 Å². The zero-order chi connectivity index (χ0) is 26.6. The fourth-order valence-electron chi connectivity index (χ4n) is 4.24. The molecule has 0 aromatic carbocycles. The van der Waals surface area contributed by atoms with Gasteiger partial charge in [0, 0.05) is 46.6 Å². The first-order chi connectivity index (χ1) is 17.0. The van der Waals surface area contributed by atoms with E-state index >= 15 is 0 Å². The van der Waals surface area contributed by atoms with Gasteiger partial charge in [0.05, 0.1) is 13.2 Å². The van der Waals surface area contributed by atoms with Crippen molar-refractivity contribution in [2.24, 2.45) is 0 Å². The van der Waals surface area contributed by atoms with Crippen molar-refractivity contribution < 1.29 is 52.4 Å². The van der Waals surface area contributed by atoms with E-state index in [0.717, 1.165) is 33.4 Å². The second-order valence-electron chi connectivity index (χ2n) is 8.28. The van der Waals surface area contributed by atoms with Gasteiger partial charge in [0.25, 0.3) is 5.91 Å². The van der Waals surface area contributed by atoms with Crippen molar-refractivity contribution in [2.45, 2.75) is 70.0 Å². The van der Waals surface area contributed by atoms with Crippen molar-refractivity contribution in [2.75, 3.05) is 14.2 Å². The average Bonchev–Trinajstić information content (AvgIpc) is 3.10. The lowest BCUT2D eigenvalue weighted by Crippen LogP contribution is -2.64. The van der Waals surface area contributed by atoms with Gasteiger partial charge in [0.2, 0.25) is 6.29 Å². The van der Waals surface area contributed by atoms with Crippen LogP contribution in [0.1, 0.15) is 38.8 Å². The van der Waals surface area contributed by atoms with Crippen LogP contribution < -0.4 is 0 Å². The maximum Gasteiger partial charge on any atom is 0.339 e. The third-order valence-electron chi connectivity index (χ3n) is 5.73. The van der Waals surface area contributed by atoms with Crippen LogP contribution in [0.2, 0.25) is 0 Å². The Morgan fingerprint density at radius 3 is 2.17 bits per heavy atom. The maximum atomic E-state index is 13.0. The van der Waals surface area contributed by atoms with Crippen LogP contribution in [0.25, 0.3) is 0 Å². The first-order valence-corrected chi connectivity index (χ1v) is 11.1. The zero-order valence-corrected chi connectivity index (χ0v) is 20.4. The Balaban J connectivity index is 1.95. The molecule has 2 saturated heterocycles. The number of esters is 4. The molecule has 1 aromatic rings. The summed E-state index contributed by atoms with van der Waals surface area (Å²) in [5.41, 5.74) is 0.778. The van der Waals surface area contributed by atoms with E-state index in [-0.39, 0.29) is 12.5 Å². The minimum absolute atomic E-state index is 0.197. The lowest BCUT2D eigenvalue weighted by atomic mass is 9.97. The Hall–Kier alpha value is -3.58. The molecule has 13 heteroatoms. The summed E-state index contributed by atoms with van der Waals surface area (Å²) in [7, 11) is 2.68. The monoisotopic (exact) mass is 508 g/mol. The van der Waals surface area contributed by atoms with Gasteiger partial charge in [-0.25, -0.2) is 4.79 Å².